The number of methoxy groups -OCH3 is 1. The van der Waals surface area contributed by atoms with E-state index in [1.54, 1.807) is 0 Å². The van der Waals surface area contributed by atoms with Crippen molar-refractivity contribution in [2.45, 2.75) is 24.8 Å². The smallest absolute Gasteiger partial charge is 0.407 e. The summed E-state index contributed by atoms with van der Waals surface area (Å²) in [6, 6.07) is 15.0. The van der Waals surface area contributed by atoms with Gasteiger partial charge in [-0.25, -0.2) is 15.4 Å². The minimum absolute atomic E-state index is 0.0416. The first-order valence-electron chi connectivity index (χ1n) is 9.24. The van der Waals surface area contributed by atoms with E-state index in [9.17, 15) is 14.4 Å². The van der Waals surface area contributed by atoms with Gasteiger partial charge in [0.1, 0.15) is 12.6 Å². The van der Waals surface area contributed by atoms with E-state index in [1.807, 2.05) is 54.0 Å². The van der Waals surface area contributed by atoms with E-state index in [1.165, 1.54) is 7.11 Å². The van der Waals surface area contributed by atoms with Crippen molar-refractivity contribution in [1.82, 2.24) is 10.7 Å². The topological polar surface area (TPSA) is 120 Å². The Morgan fingerprint density at radius 1 is 1.03 bits per heavy atom. The van der Waals surface area contributed by atoms with E-state index in [0.29, 0.717) is 0 Å². The van der Waals surface area contributed by atoms with Crippen molar-refractivity contribution >= 4 is 18.0 Å². The number of carbonyl (C=O) groups excluding carboxylic acids is 3. The van der Waals surface area contributed by atoms with Crippen LogP contribution in [0.15, 0.2) is 48.5 Å². The Morgan fingerprint density at radius 3 is 2.17 bits per heavy atom. The van der Waals surface area contributed by atoms with Crippen molar-refractivity contribution in [2.75, 3.05) is 13.7 Å². The van der Waals surface area contributed by atoms with Crippen LogP contribution < -0.4 is 16.6 Å². The van der Waals surface area contributed by atoms with Gasteiger partial charge in [-0.3, -0.25) is 10.2 Å². The lowest BCUT2D eigenvalue weighted by Gasteiger charge is -2.18. The Kier molecular flexibility index (Phi) is 6.46. The lowest BCUT2D eigenvalue weighted by molar-refractivity contribution is -0.143. The van der Waals surface area contributed by atoms with Gasteiger partial charge < -0.3 is 14.8 Å². The number of esters is 1. The number of alkyl carbamates (subject to hydrolysis) is 1. The molecule has 2 amide bonds. The first-order valence-corrected chi connectivity index (χ1v) is 9.24. The molecule has 1 aliphatic carbocycles. The molecule has 0 heterocycles. The number of fused-ring (bicyclic) bond motifs is 3. The molecule has 1 aliphatic rings. The fraction of sp³-hybridized carbons (Fsp3) is 0.286. The predicted octanol–water partition coefficient (Wildman–Crippen LogP) is 1.84. The molecule has 0 bridgehead atoms. The van der Waals surface area contributed by atoms with Crippen molar-refractivity contribution in [3.63, 3.8) is 0 Å². The monoisotopic (exact) mass is 397 g/mol. The first-order chi connectivity index (χ1) is 14.0. The van der Waals surface area contributed by atoms with Gasteiger partial charge in [-0.15, -0.1) is 0 Å². The zero-order valence-corrected chi connectivity index (χ0v) is 16.0. The van der Waals surface area contributed by atoms with Crippen LogP contribution >= 0.6 is 0 Å². The van der Waals surface area contributed by atoms with Gasteiger partial charge in [-0.2, -0.15) is 0 Å². The van der Waals surface area contributed by atoms with E-state index in [4.69, 9.17) is 10.6 Å². The predicted molar refractivity (Wildman–Crippen MR) is 106 cm³/mol. The zero-order valence-electron chi connectivity index (χ0n) is 16.0. The SMILES string of the molecule is COC(=O)[C@@H](CCC(=O)NN)NC(=O)OCC1c2ccccc2-c2ccccc21. The average molecular weight is 397 g/mol. The van der Waals surface area contributed by atoms with Crippen LogP contribution in [0.25, 0.3) is 11.1 Å². The van der Waals surface area contributed by atoms with Gasteiger partial charge in [0.15, 0.2) is 0 Å². The van der Waals surface area contributed by atoms with Crippen LogP contribution in [0, 0.1) is 0 Å². The van der Waals surface area contributed by atoms with Crippen LogP contribution in [-0.4, -0.2) is 37.7 Å². The molecule has 0 aliphatic heterocycles. The van der Waals surface area contributed by atoms with Crippen molar-refractivity contribution < 1.29 is 23.9 Å². The van der Waals surface area contributed by atoms with E-state index in [2.05, 4.69) is 10.1 Å². The maximum absolute atomic E-state index is 12.3. The van der Waals surface area contributed by atoms with Crippen molar-refractivity contribution in [1.29, 1.82) is 0 Å². The summed E-state index contributed by atoms with van der Waals surface area (Å²) in [7, 11) is 1.21. The summed E-state index contributed by atoms with van der Waals surface area (Å²) in [5.41, 5.74) is 6.40. The summed E-state index contributed by atoms with van der Waals surface area (Å²) in [6.45, 7) is 0.122. The number of hydrazine groups is 1. The number of nitrogens with two attached hydrogens (primary N) is 1. The van der Waals surface area contributed by atoms with Gasteiger partial charge in [-0.1, -0.05) is 48.5 Å². The lowest BCUT2D eigenvalue weighted by atomic mass is 9.98. The molecule has 0 unspecified atom stereocenters. The van der Waals surface area contributed by atoms with Crippen LogP contribution in [0.2, 0.25) is 0 Å². The van der Waals surface area contributed by atoms with Gasteiger partial charge >= 0.3 is 12.1 Å². The molecule has 8 nitrogen and oxygen atoms in total. The Morgan fingerprint density at radius 2 is 1.62 bits per heavy atom. The third kappa shape index (κ3) is 4.55. The second-order valence-electron chi connectivity index (χ2n) is 6.65. The molecule has 2 aromatic carbocycles. The number of nitrogens with one attached hydrogen (secondary N) is 2. The molecule has 0 radical (unpaired) electrons. The normalized spacial score (nSPS) is 13.0. The molecule has 29 heavy (non-hydrogen) atoms. The fourth-order valence-electron chi connectivity index (χ4n) is 3.52. The first kappa shape index (κ1) is 20.3. The van der Waals surface area contributed by atoms with Crippen molar-refractivity contribution in [2.24, 2.45) is 5.84 Å². The minimum atomic E-state index is -1.01. The molecule has 0 fully saturated rings. The highest BCUT2D eigenvalue weighted by Gasteiger charge is 2.30. The molecule has 0 saturated heterocycles. The number of ether oxygens (including phenoxy) is 2. The molecule has 8 heteroatoms. The van der Waals surface area contributed by atoms with Gasteiger partial charge in [-0.05, 0) is 28.7 Å². The summed E-state index contributed by atoms with van der Waals surface area (Å²) in [6.07, 6.45) is -0.754. The number of hydrogen-bond donors (Lipinski definition) is 3. The van der Waals surface area contributed by atoms with Gasteiger partial charge in [0, 0.05) is 12.3 Å². The molecule has 0 aromatic heterocycles. The van der Waals surface area contributed by atoms with Crippen LogP contribution in [0.1, 0.15) is 29.9 Å². The van der Waals surface area contributed by atoms with E-state index in [0.717, 1.165) is 22.3 Å². The Bertz CT molecular complexity index is 869. The Hall–Kier alpha value is -3.39. The molecular weight excluding hydrogens is 374 g/mol. The Balaban J connectivity index is 1.65. The number of carbonyl (C=O) groups is 3. The third-order valence-corrected chi connectivity index (χ3v) is 4.94. The number of hydrogen-bond acceptors (Lipinski definition) is 6. The quantitative estimate of drug-likeness (QED) is 0.284. The molecule has 152 valence electrons. The highest BCUT2D eigenvalue weighted by atomic mass is 16.6. The van der Waals surface area contributed by atoms with Gasteiger partial charge in [0.05, 0.1) is 7.11 Å². The molecule has 2 aromatic rings. The Labute approximate surface area is 168 Å². The summed E-state index contributed by atoms with van der Waals surface area (Å²) in [5, 5.41) is 2.46. The molecule has 1 atom stereocenters. The zero-order chi connectivity index (χ0) is 20.8. The summed E-state index contributed by atoms with van der Waals surface area (Å²) in [5.74, 6) is 3.83. The molecule has 4 N–H and O–H groups in total. The van der Waals surface area contributed by atoms with Gasteiger partial charge in [0.2, 0.25) is 5.91 Å². The molecular formula is C21H23N3O5. The summed E-state index contributed by atoms with van der Waals surface area (Å²) >= 11 is 0. The fourth-order valence-corrected chi connectivity index (χ4v) is 3.52. The largest absolute Gasteiger partial charge is 0.467 e. The average Bonchev–Trinajstić information content (AvgIpc) is 3.08. The second-order valence-corrected chi connectivity index (χ2v) is 6.65. The van der Waals surface area contributed by atoms with Crippen molar-refractivity contribution in [3.05, 3.63) is 59.7 Å². The van der Waals surface area contributed by atoms with Crippen LogP contribution in [0.5, 0.6) is 0 Å². The highest BCUT2D eigenvalue weighted by molar-refractivity contribution is 5.83. The molecule has 0 spiro atoms. The van der Waals surface area contributed by atoms with Crippen LogP contribution in [-0.2, 0) is 19.1 Å². The maximum atomic E-state index is 12.3. The molecule has 0 saturated carbocycles. The standard InChI is InChI=1S/C21H23N3O5/c1-28-20(26)18(10-11-19(25)24-22)23-21(27)29-12-17-15-8-4-2-6-13(15)14-7-3-5-9-16(14)17/h2-9,17-18H,10-12,22H2,1H3,(H,23,27)(H,24,25)/t18-/m1/s1. The number of amides is 2. The third-order valence-electron chi connectivity index (χ3n) is 4.94. The van der Waals surface area contributed by atoms with Crippen LogP contribution in [0.4, 0.5) is 4.79 Å². The minimum Gasteiger partial charge on any atom is -0.467 e. The highest BCUT2D eigenvalue weighted by Crippen LogP contribution is 2.44. The van der Waals surface area contributed by atoms with E-state index < -0.39 is 24.0 Å². The lowest BCUT2D eigenvalue weighted by Crippen LogP contribution is -2.43. The van der Waals surface area contributed by atoms with Crippen molar-refractivity contribution in [3.8, 4) is 11.1 Å². The summed E-state index contributed by atoms with van der Waals surface area (Å²) < 4.78 is 10.1. The number of rotatable bonds is 7. The van der Waals surface area contributed by atoms with E-state index >= 15 is 0 Å². The van der Waals surface area contributed by atoms with Crippen LogP contribution in [0.3, 0.4) is 0 Å². The molecule has 3 rings (SSSR count). The maximum Gasteiger partial charge on any atom is 0.407 e. The van der Waals surface area contributed by atoms with E-state index in [-0.39, 0.29) is 25.4 Å². The van der Waals surface area contributed by atoms with Gasteiger partial charge in [0.25, 0.3) is 0 Å². The second kappa shape index (κ2) is 9.20. The number of benzene rings is 2. The summed E-state index contributed by atoms with van der Waals surface area (Å²) in [4.78, 5) is 35.5.